The Hall–Kier alpha value is -1.16. The highest BCUT2D eigenvalue weighted by Crippen LogP contribution is 2.20. The first-order valence-electron chi connectivity index (χ1n) is 7.14. The zero-order chi connectivity index (χ0) is 13.1. The average Bonchev–Trinajstić information content (AvgIpc) is 2.48. The minimum atomic E-state index is 0. The third kappa shape index (κ3) is 3.29. The van der Waals surface area contributed by atoms with Crippen molar-refractivity contribution < 1.29 is 0 Å². The molecule has 1 aliphatic rings. The lowest BCUT2D eigenvalue weighted by Crippen LogP contribution is -2.43. The van der Waals surface area contributed by atoms with Crippen molar-refractivity contribution in [3.8, 4) is 0 Å². The lowest BCUT2D eigenvalue weighted by molar-refractivity contribution is 0.145. The van der Waals surface area contributed by atoms with Crippen LogP contribution in [0.5, 0.6) is 0 Å². The van der Waals surface area contributed by atoms with Crippen LogP contribution < -0.4 is 5.73 Å². The van der Waals surface area contributed by atoms with Gasteiger partial charge in [0.2, 0.25) is 0 Å². The fraction of sp³-hybridized carbons (Fsp3) is 0.438. The van der Waals surface area contributed by atoms with Crippen LogP contribution in [0.2, 0.25) is 0 Å². The summed E-state index contributed by atoms with van der Waals surface area (Å²) in [5.41, 5.74) is 8.32. The number of hydrogen-bond donors (Lipinski definition) is 1. The summed E-state index contributed by atoms with van der Waals surface area (Å²) in [6.07, 6.45) is 5.70. The van der Waals surface area contributed by atoms with E-state index in [1.165, 1.54) is 36.8 Å². The number of benzene rings is 1. The molecule has 2 N–H and O–H groups in total. The first kappa shape index (κ1) is 15.2. The highest BCUT2D eigenvalue weighted by Gasteiger charge is 2.20. The average molecular weight is 292 g/mol. The van der Waals surface area contributed by atoms with Gasteiger partial charge in [0.15, 0.2) is 0 Å². The Balaban J connectivity index is 0.00000147. The SMILES string of the molecule is Cl.NCC1CCCCN1Cc1ccc2ncccc2c1. The van der Waals surface area contributed by atoms with Gasteiger partial charge in [-0.25, -0.2) is 0 Å². The van der Waals surface area contributed by atoms with Crippen molar-refractivity contribution in [3.63, 3.8) is 0 Å². The zero-order valence-corrected chi connectivity index (χ0v) is 12.5. The van der Waals surface area contributed by atoms with Crippen LogP contribution in [0.3, 0.4) is 0 Å². The van der Waals surface area contributed by atoms with E-state index < -0.39 is 0 Å². The number of fused-ring (bicyclic) bond motifs is 1. The van der Waals surface area contributed by atoms with Crippen molar-refractivity contribution in [2.75, 3.05) is 13.1 Å². The molecule has 1 aromatic carbocycles. The second-order valence-electron chi connectivity index (χ2n) is 5.39. The van der Waals surface area contributed by atoms with Gasteiger partial charge in [-0.1, -0.05) is 18.6 Å². The van der Waals surface area contributed by atoms with Crippen LogP contribution in [0.25, 0.3) is 10.9 Å². The van der Waals surface area contributed by atoms with Crippen LogP contribution in [0.15, 0.2) is 36.5 Å². The van der Waals surface area contributed by atoms with Crippen LogP contribution in [0.4, 0.5) is 0 Å². The standard InChI is InChI=1S/C16H21N3.ClH/c17-11-15-5-1-2-9-19(15)12-13-6-7-16-14(10-13)4-3-8-18-16;/h3-4,6-8,10,15H,1-2,5,9,11-12,17H2;1H. The zero-order valence-electron chi connectivity index (χ0n) is 11.7. The van der Waals surface area contributed by atoms with Gasteiger partial charge in [0, 0.05) is 30.7 Å². The maximum absolute atomic E-state index is 5.89. The first-order chi connectivity index (χ1) is 9.36. The molecule has 1 aliphatic heterocycles. The maximum Gasteiger partial charge on any atom is 0.0702 e. The fourth-order valence-electron chi connectivity index (χ4n) is 2.99. The summed E-state index contributed by atoms with van der Waals surface area (Å²) >= 11 is 0. The normalized spacial score (nSPS) is 19.8. The minimum Gasteiger partial charge on any atom is -0.329 e. The molecule has 0 saturated carbocycles. The Morgan fingerprint density at radius 1 is 1.25 bits per heavy atom. The van der Waals surface area contributed by atoms with E-state index in [9.17, 15) is 0 Å². The molecule has 0 radical (unpaired) electrons. The number of nitrogens with zero attached hydrogens (tertiary/aromatic N) is 2. The second-order valence-corrected chi connectivity index (χ2v) is 5.39. The van der Waals surface area contributed by atoms with Gasteiger partial charge in [-0.2, -0.15) is 0 Å². The molecule has 108 valence electrons. The summed E-state index contributed by atoms with van der Waals surface area (Å²) < 4.78 is 0. The van der Waals surface area contributed by atoms with Crippen molar-refractivity contribution in [2.24, 2.45) is 5.73 Å². The quantitative estimate of drug-likeness (QED) is 0.945. The topological polar surface area (TPSA) is 42.1 Å². The molecule has 1 atom stereocenters. The Labute approximate surface area is 126 Å². The highest BCUT2D eigenvalue weighted by molar-refractivity contribution is 5.85. The summed E-state index contributed by atoms with van der Waals surface area (Å²) in [7, 11) is 0. The van der Waals surface area contributed by atoms with Gasteiger partial charge in [-0.15, -0.1) is 12.4 Å². The summed E-state index contributed by atoms with van der Waals surface area (Å²) in [5.74, 6) is 0. The third-order valence-corrected chi connectivity index (χ3v) is 4.07. The summed E-state index contributed by atoms with van der Waals surface area (Å²) in [6, 6.07) is 11.2. The molecule has 2 heterocycles. The molecule has 1 fully saturated rings. The number of piperidine rings is 1. The van der Waals surface area contributed by atoms with E-state index in [-0.39, 0.29) is 12.4 Å². The van der Waals surface area contributed by atoms with Gasteiger partial charge in [-0.05, 0) is 43.1 Å². The fourth-order valence-corrected chi connectivity index (χ4v) is 2.99. The second kappa shape index (κ2) is 7.02. The van der Waals surface area contributed by atoms with Gasteiger partial charge < -0.3 is 5.73 Å². The van der Waals surface area contributed by atoms with E-state index in [0.29, 0.717) is 6.04 Å². The molecule has 20 heavy (non-hydrogen) atoms. The van der Waals surface area contributed by atoms with Crippen LogP contribution in [-0.2, 0) is 6.54 Å². The van der Waals surface area contributed by atoms with Crippen molar-refractivity contribution in [3.05, 3.63) is 42.1 Å². The molecule has 0 aliphatic carbocycles. The number of nitrogens with two attached hydrogens (primary N) is 1. The van der Waals surface area contributed by atoms with Crippen molar-refractivity contribution in [1.82, 2.24) is 9.88 Å². The summed E-state index contributed by atoms with van der Waals surface area (Å²) in [4.78, 5) is 6.90. The molecular formula is C16H22ClN3. The number of rotatable bonds is 3. The predicted molar refractivity (Wildman–Crippen MR) is 86.1 cm³/mol. The van der Waals surface area contributed by atoms with E-state index in [0.717, 1.165) is 18.6 Å². The molecule has 0 amide bonds. The van der Waals surface area contributed by atoms with Crippen molar-refractivity contribution in [2.45, 2.75) is 31.8 Å². The molecule has 1 unspecified atom stereocenters. The van der Waals surface area contributed by atoms with E-state index in [2.05, 4.69) is 34.1 Å². The van der Waals surface area contributed by atoms with Crippen molar-refractivity contribution in [1.29, 1.82) is 0 Å². The summed E-state index contributed by atoms with van der Waals surface area (Å²) in [6.45, 7) is 2.95. The van der Waals surface area contributed by atoms with Crippen LogP contribution >= 0.6 is 12.4 Å². The largest absolute Gasteiger partial charge is 0.329 e. The number of halogens is 1. The van der Waals surface area contributed by atoms with E-state index >= 15 is 0 Å². The Morgan fingerprint density at radius 2 is 2.15 bits per heavy atom. The van der Waals surface area contributed by atoms with Crippen LogP contribution in [0.1, 0.15) is 24.8 Å². The molecular weight excluding hydrogens is 270 g/mol. The number of pyridine rings is 1. The van der Waals surface area contributed by atoms with Gasteiger partial charge in [-0.3, -0.25) is 9.88 Å². The lowest BCUT2D eigenvalue weighted by Gasteiger charge is -2.35. The number of likely N-dealkylation sites (tertiary alicyclic amines) is 1. The smallest absolute Gasteiger partial charge is 0.0702 e. The molecule has 3 rings (SSSR count). The van der Waals surface area contributed by atoms with E-state index in [1.807, 2.05) is 12.3 Å². The molecule has 4 heteroatoms. The maximum atomic E-state index is 5.89. The van der Waals surface area contributed by atoms with Gasteiger partial charge in [0.1, 0.15) is 0 Å². The molecule has 3 nitrogen and oxygen atoms in total. The highest BCUT2D eigenvalue weighted by atomic mass is 35.5. The van der Waals surface area contributed by atoms with Gasteiger partial charge in [0.05, 0.1) is 5.52 Å². The lowest BCUT2D eigenvalue weighted by atomic mass is 10.0. The molecule has 0 spiro atoms. The van der Waals surface area contributed by atoms with Gasteiger partial charge in [0.25, 0.3) is 0 Å². The molecule has 1 aromatic heterocycles. The predicted octanol–water partition coefficient (Wildman–Crippen LogP) is 2.97. The van der Waals surface area contributed by atoms with Crippen molar-refractivity contribution >= 4 is 23.3 Å². The first-order valence-corrected chi connectivity index (χ1v) is 7.14. The number of aromatic nitrogens is 1. The van der Waals surface area contributed by atoms with Gasteiger partial charge >= 0.3 is 0 Å². The molecule has 0 bridgehead atoms. The Bertz CT molecular complexity index is 558. The number of hydrogen-bond acceptors (Lipinski definition) is 3. The van der Waals surface area contributed by atoms with E-state index in [4.69, 9.17) is 5.73 Å². The third-order valence-electron chi connectivity index (χ3n) is 4.07. The monoisotopic (exact) mass is 291 g/mol. The minimum absolute atomic E-state index is 0. The van der Waals surface area contributed by atoms with Crippen LogP contribution in [0, 0.1) is 0 Å². The Morgan fingerprint density at radius 3 is 3.00 bits per heavy atom. The van der Waals surface area contributed by atoms with E-state index in [1.54, 1.807) is 0 Å². The summed E-state index contributed by atoms with van der Waals surface area (Å²) in [5, 5.41) is 1.22. The Kier molecular flexibility index (Phi) is 5.35. The van der Waals surface area contributed by atoms with Crippen LogP contribution in [-0.4, -0.2) is 29.0 Å². The molecule has 1 saturated heterocycles. The molecule has 2 aromatic rings.